The number of carboxylic acid groups (broad SMARTS) is 1. The zero-order chi connectivity index (χ0) is 13.7. The molecule has 0 aromatic carbocycles. The first-order valence-electron chi connectivity index (χ1n) is 5.08. The smallest absolute Gasteiger partial charge is 0.318 e. The number of aliphatic carboxylic acids is 1. The second-order valence-electron chi connectivity index (χ2n) is 4.58. The molecule has 0 aliphatic rings. The zero-order valence-electron chi connectivity index (χ0n) is 10.6. The molecule has 0 amide bonds. The summed E-state index contributed by atoms with van der Waals surface area (Å²) in [6, 6.07) is 0. The quantitative estimate of drug-likeness (QED) is 0.658. The molecule has 0 aliphatic carbocycles. The fraction of sp³-hybridized carbons (Fsp3) is 0.889. The van der Waals surface area contributed by atoms with E-state index in [0.29, 0.717) is 0 Å². The molecule has 0 heterocycles. The summed E-state index contributed by atoms with van der Waals surface area (Å²) < 4.78 is 31.7. The van der Waals surface area contributed by atoms with Gasteiger partial charge in [-0.05, 0) is 20.8 Å². The molecule has 0 fully saturated rings. The van der Waals surface area contributed by atoms with E-state index < -0.39 is 28.3 Å². The predicted molar refractivity (Wildman–Crippen MR) is 62.9 cm³/mol. The van der Waals surface area contributed by atoms with Crippen LogP contribution in [0.4, 0.5) is 0 Å². The number of nitrogens with one attached hydrogen (secondary N) is 1. The van der Waals surface area contributed by atoms with Crippen molar-refractivity contribution in [3.63, 3.8) is 0 Å². The van der Waals surface area contributed by atoms with E-state index in [2.05, 4.69) is 4.72 Å². The van der Waals surface area contributed by atoms with Crippen LogP contribution >= 0.6 is 0 Å². The van der Waals surface area contributed by atoms with E-state index in [1.165, 1.54) is 7.11 Å². The third-order valence-electron chi connectivity index (χ3n) is 1.63. The van der Waals surface area contributed by atoms with Gasteiger partial charge in [-0.1, -0.05) is 0 Å². The first kappa shape index (κ1) is 16.3. The van der Waals surface area contributed by atoms with Crippen LogP contribution in [-0.4, -0.2) is 56.1 Å². The molecule has 0 saturated heterocycles. The Bertz CT molecular complexity index is 347. The number of carbonyl (C=O) groups is 1. The summed E-state index contributed by atoms with van der Waals surface area (Å²) in [4.78, 5) is 10.6. The second-order valence-corrected chi connectivity index (χ2v) is 6.25. The monoisotopic (exact) mass is 268 g/mol. The summed E-state index contributed by atoms with van der Waals surface area (Å²) in [6.45, 7) is 4.58. The number of ether oxygens (including phenoxy) is 1. The molecule has 2 N–H and O–H groups in total. The molecular weight excluding hydrogens is 248 g/mol. The summed E-state index contributed by atoms with van der Waals surface area (Å²) in [5.41, 5.74) is -0.664. The van der Waals surface area contributed by atoms with Crippen LogP contribution in [0.5, 0.6) is 0 Å². The highest BCUT2D eigenvalue weighted by Gasteiger charge is 2.28. The summed E-state index contributed by atoms with van der Waals surface area (Å²) >= 11 is 0. The van der Waals surface area contributed by atoms with Crippen molar-refractivity contribution in [2.24, 2.45) is 0 Å². The van der Waals surface area contributed by atoms with E-state index in [1.807, 2.05) is 0 Å². The highest BCUT2D eigenvalue weighted by atomic mass is 32.2. The summed E-state index contributed by atoms with van der Waals surface area (Å²) in [7, 11) is -2.41. The summed E-state index contributed by atoms with van der Waals surface area (Å²) in [5.74, 6) is -1.21. The molecule has 0 aromatic rings. The minimum atomic E-state index is -3.82. The van der Waals surface area contributed by atoms with Gasteiger partial charge in [0, 0.05) is 19.2 Å². The lowest BCUT2D eigenvalue weighted by Gasteiger charge is -2.26. The maximum absolute atomic E-state index is 11.9. The van der Waals surface area contributed by atoms with Gasteiger partial charge in [0.05, 0.1) is 6.61 Å². The largest absolute Gasteiger partial charge is 0.480 e. The van der Waals surface area contributed by atoms with Crippen molar-refractivity contribution in [1.29, 1.82) is 0 Å². The molecule has 0 rings (SSSR count). The van der Waals surface area contributed by atoms with Crippen LogP contribution < -0.4 is 4.72 Å². The molecule has 17 heavy (non-hydrogen) atoms. The van der Waals surface area contributed by atoms with Crippen molar-refractivity contribution in [3.8, 4) is 0 Å². The van der Waals surface area contributed by atoms with Crippen molar-refractivity contribution in [3.05, 3.63) is 0 Å². The lowest BCUT2D eigenvalue weighted by atomic mass is 10.1. The van der Waals surface area contributed by atoms with Gasteiger partial charge in [0.2, 0.25) is 0 Å². The number of carboxylic acids is 1. The Morgan fingerprint density at radius 1 is 1.41 bits per heavy atom. The van der Waals surface area contributed by atoms with E-state index in [-0.39, 0.29) is 13.2 Å². The molecule has 0 bridgehead atoms. The Balaban J connectivity index is 4.82. The lowest BCUT2D eigenvalue weighted by molar-refractivity contribution is -0.137. The minimum Gasteiger partial charge on any atom is -0.480 e. The van der Waals surface area contributed by atoms with Gasteiger partial charge >= 0.3 is 5.97 Å². The Morgan fingerprint density at radius 3 is 2.29 bits per heavy atom. The Hall–Kier alpha value is -0.700. The minimum absolute atomic E-state index is 0.00574. The molecule has 0 radical (unpaired) electrons. The number of methoxy groups -OCH3 is 1. The standard InChI is InChI=1S/C9H20N2O5S/c1-9(2,3)10-17(14,15)11(5-6-16-4)7-8(12)13/h10H,5-7H2,1-4H3,(H,12,13). The molecule has 102 valence electrons. The van der Waals surface area contributed by atoms with Gasteiger partial charge in [0.1, 0.15) is 6.54 Å². The number of nitrogens with zero attached hydrogens (tertiary/aromatic N) is 1. The van der Waals surface area contributed by atoms with Crippen molar-refractivity contribution >= 4 is 16.2 Å². The maximum atomic E-state index is 11.9. The highest BCUT2D eigenvalue weighted by Crippen LogP contribution is 2.06. The van der Waals surface area contributed by atoms with Gasteiger partial charge in [-0.2, -0.15) is 17.4 Å². The van der Waals surface area contributed by atoms with E-state index in [4.69, 9.17) is 9.84 Å². The van der Waals surface area contributed by atoms with E-state index in [1.54, 1.807) is 20.8 Å². The van der Waals surface area contributed by atoms with Crippen LogP contribution in [0.15, 0.2) is 0 Å². The molecule has 0 aromatic heterocycles. The average Bonchev–Trinajstić information content (AvgIpc) is 2.07. The first-order valence-corrected chi connectivity index (χ1v) is 6.52. The molecule has 7 nitrogen and oxygen atoms in total. The molecule has 8 heteroatoms. The fourth-order valence-electron chi connectivity index (χ4n) is 1.08. The molecule has 0 atom stereocenters. The van der Waals surface area contributed by atoms with Crippen LogP contribution in [0.25, 0.3) is 0 Å². The van der Waals surface area contributed by atoms with Gasteiger partial charge < -0.3 is 9.84 Å². The van der Waals surface area contributed by atoms with Gasteiger partial charge in [0.25, 0.3) is 10.2 Å². The van der Waals surface area contributed by atoms with E-state index in [0.717, 1.165) is 4.31 Å². The van der Waals surface area contributed by atoms with Crippen molar-refractivity contribution in [1.82, 2.24) is 9.03 Å². The van der Waals surface area contributed by atoms with Crippen LogP contribution in [0.1, 0.15) is 20.8 Å². The van der Waals surface area contributed by atoms with Crippen molar-refractivity contribution < 1.29 is 23.1 Å². The molecule has 0 aliphatic heterocycles. The van der Waals surface area contributed by atoms with E-state index in [9.17, 15) is 13.2 Å². The lowest BCUT2D eigenvalue weighted by Crippen LogP contribution is -2.51. The third kappa shape index (κ3) is 7.27. The molecule has 0 saturated carbocycles. The first-order chi connectivity index (χ1) is 7.58. The van der Waals surface area contributed by atoms with Crippen LogP contribution in [-0.2, 0) is 19.7 Å². The second kappa shape index (κ2) is 6.29. The maximum Gasteiger partial charge on any atom is 0.318 e. The van der Waals surface area contributed by atoms with Crippen LogP contribution in [0.2, 0.25) is 0 Å². The van der Waals surface area contributed by atoms with Crippen molar-refractivity contribution in [2.45, 2.75) is 26.3 Å². The average molecular weight is 268 g/mol. The number of hydrogen-bond donors (Lipinski definition) is 2. The number of hydrogen-bond acceptors (Lipinski definition) is 4. The highest BCUT2D eigenvalue weighted by molar-refractivity contribution is 7.87. The van der Waals surface area contributed by atoms with Gasteiger partial charge in [-0.15, -0.1) is 0 Å². The SMILES string of the molecule is COCCN(CC(=O)O)S(=O)(=O)NC(C)(C)C. The zero-order valence-corrected chi connectivity index (χ0v) is 11.4. The Labute approximate surface area is 102 Å². The van der Waals surface area contributed by atoms with Gasteiger partial charge in [0.15, 0.2) is 0 Å². The van der Waals surface area contributed by atoms with Crippen LogP contribution in [0.3, 0.4) is 0 Å². The van der Waals surface area contributed by atoms with Gasteiger partial charge in [-0.3, -0.25) is 4.79 Å². The normalized spacial score (nSPS) is 13.0. The third-order valence-corrected chi connectivity index (χ3v) is 3.49. The molecule has 0 spiro atoms. The molecule has 0 unspecified atom stereocenters. The van der Waals surface area contributed by atoms with Gasteiger partial charge in [-0.25, -0.2) is 0 Å². The molecular formula is C9H20N2O5S. The summed E-state index contributed by atoms with van der Waals surface area (Å²) in [5, 5.41) is 8.67. The Kier molecular flexibility index (Phi) is 6.03. The van der Waals surface area contributed by atoms with Crippen molar-refractivity contribution in [2.75, 3.05) is 26.8 Å². The number of rotatable bonds is 7. The Morgan fingerprint density at radius 2 is 1.94 bits per heavy atom. The van der Waals surface area contributed by atoms with Crippen LogP contribution in [0, 0.1) is 0 Å². The fourth-order valence-corrected chi connectivity index (χ4v) is 2.58. The summed E-state index contributed by atoms with van der Waals surface area (Å²) in [6.07, 6.45) is 0. The predicted octanol–water partition coefficient (Wildman–Crippen LogP) is -0.348. The topological polar surface area (TPSA) is 95.9 Å². The van der Waals surface area contributed by atoms with E-state index >= 15 is 0 Å².